The monoisotopic (exact) mass is 188 g/mol. The van der Waals surface area contributed by atoms with Crippen LogP contribution in [0.2, 0.25) is 0 Å². The lowest BCUT2D eigenvalue weighted by Crippen LogP contribution is -2.35. The van der Waals surface area contributed by atoms with Crippen molar-refractivity contribution in [1.29, 1.82) is 0 Å². The largest absolute Gasteiger partial charge is 0.307 e. The Hall–Kier alpha value is -0.900. The molecule has 0 aromatic rings. The molecule has 0 aromatic heterocycles. The Balaban J connectivity index is 3.08. The van der Waals surface area contributed by atoms with Crippen LogP contribution in [0.15, 0.2) is 23.9 Å². The number of allylic oxidation sites excluding steroid dienone is 1. The van der Waals surface area contributed by atoms with E-state index >= 15 is 0 Å². The number of rotatable bonds is 2. The van der Waals surface area contributed by atoms with Gasteiger partial charge in [0.25, 0.3) is 5.92 Å². The fourth-order valence-corrected chi connectivity index (χ4v) is 1.53. The predicted molar refractivity (Wildman–Crippen MR) is 48.2 cm³/mol. The van der Waals surface area contributed by atoms with Gasteiger partial charge in [-0.3, -0.25) is 0 Å². The number of nitrogens with zero attached hydrogens (tertiary/aromatic N) is 2. The van der Waals surface area contributed by atoms with Gasteiger partial charge in [-0.15, -0.1) is 0 Å². The lowest BCUT2D eigenvalue weighted by Gasteiger charge is -2.27. The minimum atomic E-state index is -2.80. The van der Waals surface area contributed by atoms with Crippen LogP contribution in [0.1, 0.15) is 6.92 Å². The summed E-state index contributed by atoms with van der Waals surface area (Å²) in [7, 11) is 3.39. The van der Waals surface area contributed by atoms with Gasteiger partial charge in [0.15, 0.2) is 0 Å². The third-order valence-electron chi connectivity index (χ3n) is 2.20. The van der Waals surface area contributed by atoms with Crippen molar-refractivity contribution in [2.75, 3.05) is 20.6 Å². The van der Waals surface area contributed by atoms with Crippen LogP contribution in [0.3, 0.4) is 0 Å². The van der Waals surface area contributed by atoms with Crippen LogP contribution in [0.5, 0.6) is 0 Å². The van der Waals surface area contributed by atoms with Crippen molar-refractivity contribution in [3.05, 3.63) is 23.9 Å². The summed E-state index contributed by atoms with van der Waals surface area (Å²) in [6.07, 6.45) is 1.49. The molecule has 1 rings (SSSR count). The van der Waals surface area contributed by atoms with Crippen LogP contribution in [0.4, 0.5) is 8.78 Å². The van der Waals surface area contributed by atoms with Gasteiger partial charge in [0.2, 0.25) is 0 Å². The molecule has 0 N–H and O–H groups in total. The number of halogens is 2. The van der Waals surface area contributed by atoms with Gasteiger partial charge in [-0.25, -0.2) is 5.01 Å². The molecule has 4 heteroatoms. The van der Waals surface area contributed by atoms with Crippen molar-refractivity contribution in [2.45, 2.75) is 12.8 Å². The first kappa shape index (κ1) is 10.2. The Morgan fingerprint density at radius 2 is 2.00 bits per heavy atom. The van der Waals surface area contributed by atoms with E-state index in [1.165, 1.54) is 11.1 Å². The predicted octanol–water partition coefficient (Wildman–Crippen LogP) is 1.87. The Kier molecular flexibility index (Phi) is 2.43. The molecule has 0 saturated heterocycles. The Bertz CT molecular complexity index is 253. The van der Waals surface area contributed by atoms with Crippen molar-refractivity contribution in [3.8, 4) is 0 Å². The third kappa shape index (κ3) is 1.72. The van der Waals surface area contributed by atoms with E-state index < -0.39 is 5.92 Å². The molecule has 0 amide bonds. The van der Waals surface area contributed by atoms with Gasteiger partial charge in [-0.05, 0) is 5.57 Å². The van der Waals surface area contributed by atoms with Crippen LogP contribution < -0.4 is 0 Å². The molecule has 0 saturated carbocycles. The van der Waals surface area contributed by atoms with E-state index in [1.54, 1.807) is 19.1 Å². The summed E-state index contributed by atoms with van der Waals surface area (Å²) in [5.74, 6) is -2.80. The topological polar surface area (TPSA) is 6.48 Å². The number of hydrazine groups is 1. The summed E-state index contributed by atoms with van der Waals surface area (Å²) in [5.41, 5.74) is 0.641. The molecule has 0 aliphatic carbocycles. The van der Waals surface area contributed by atoms with Gasteiger partial charge < -0.3 is 5.01 Å². The van der Waals surface area contributed by atoms with Gasteiger partial charge in [0.1, 0.15) is 5.70 Å². The highest BCUT2D eigenvalue weighted by Gasteiger charge is 2.38. The van der Waals surface area contributed by atoms with Gasteiger partial charge >= 0.3 is 0 Å². The Morgan fingerprint density at radius 1 is 1.46 bits per heavy atom. The van der Waals surface area contributed by atoms with E-state index in [4.69, 9.17) is 0 Å². The average molecular weight is 188 g/mol. The zero-order chi connectivity index (χ0) is 10.2. The van der Waals surface area contributed by atoms with Gasteiger partial charge in [0.05, 0.1) is 0 Å². The second-order valence-electron chi connectivity index (χ2n) is 3.31. The highest BCUT2D eigenvalue weighted by atomic mass is 19.3. The second kappa shape index (κ2) is 3.10. The van der Waals surface area contributed by atoms with Crippen LogP contribution in [-0.2, 0) is 0 Å². The van der Waals surface area contributed by atoms with Crippen LogP contribution >= 0.6 is 0 Å². The lowest BCUT2D eigenvalue weighted by atomic mass is 10.1. The minimum Gasteiger partial charge on any atom is -0.307 e. The molecule has 2 nitrogen and oxygen atoms in total. The molecule has 1 heterocycles. The van der Waals surface area contributed by atoms with Crippen LogP contribution in [0.25, 0.3) is 0 Å². The molecule has 1 aliphatic rings. The summed E-state index contributed by atoms with van der Waals surface area (Å²) in [4.78, 5) is 0. The zero-order valence-electron chi connectivity index (χ0n) is 8.14. The van der Waals surface area contributed by atoms with Crippen molar-refractivity contribution in [1.82, 2.24) is 10.0 Å². The van der Waals surface area contributed by atoms with Crippen molar-refractivity contribution in [3.63, 3.8) is 0 Å². The van der Waals surface area contributed by atoms with Gasteiger partial charge in [0, 0.05) is 27.6 Å². The molecule has 0 aromatic carbocycles. The second-order valence-corrected chi connectivity index (χ2v) is 3.31. The number of likely N-dealkylation sites (N-methyl/N-ethyl adjacent to an activating group) is 1. The number of hydrogen-bond acceptors (Lipinski definition) is 2. The molecule has 0 atom stereocenters. The quantitative estimate of drug-likeness (QED) is 0.652. The molecular formula is C9H14F2N2. The summed E-state index contributed by atoms with van der Waals surface area (Å²) in [5, 5.41) is 3.20. The van der Waals surface area contributed by atoms with Crippen LogP contribution in [0, 0.1) is 0 Å². The smallest absolute Gasteiger partial charge is 0.286 e. The highest BCUT2D eigenvalue weighted by Crippen LogP contribution is 2.33. The first-order chi connectivity index (χ1) is 5.88. The molecule has 1 aliphatic heterocycles. The SMILES string of the molecule is C=CC1=C(C(C)(F)F)N(C)N(C)C1. The van der Waals surface area contributed by atoms with Gasteiger partial charge in [-0.1, -0.05) is 12.7 Å². The first-order valence-corrected chi connectivity index (χ1v) is 4.06. The molecule has 0 radical (unpaired) electrons. The highest BCUT2D eigenvalue weighted by molar-refractivity contribution is 5.31. The van der Waals surface area contributed by atoms with Gasteiger partial charge in [-0.2, -0.15) is 8.78 Å². The van der Waals surface area contributed by atoms with E-state index in [1.807, 2.05) is 0 Å². The first-order valence-electron chi connectivity index (χ1n) is 4.06. The summed E-state index contributed by atoms with van der Waals surface area (Å²) in [6, 6.07) is 0. The van der Waals surface area contributed by atoms with E-state index in [2.05, 4.69) is 6.58 Å². The fraction of sp³-hybridized carbons (Fsp3) is 0.556. The Labute approximate surface area is 77.1 Å². The third-order valence-corrected chi connectivity index (χ3v) is 2.20. The van der Waals surface area contributed by atoms with Crippen molar-refractivity contribution < 1.29 is 8.78 Å². The molecule has 0 unspecified atom stereocenters. The normalized spacial score (nSPS) is 19.9. The van der Waals surface area contributed by atoms with Crippen LogP contribution in [-0.4, -0.2) is 36.6 Å². The summed E-state index contributed by atoms with van der Waals surface area (Å²) in [6.45, 7) is 4.93. The zero-order valence-corrected chi connectivity index (χ0v) is 8.14. The fourth-order valence-electron chi connectivity index (χ4n) is 1.53. The van der Waals surface area contributed by atoms with E-state index in [0.29, 0.717) is 12.1 Å². The maximum atomic E-state index is 13.1. The van der Waals surface area contributed by atoms with Crippen molar-refractivity contribution >= 4 is 0 Å². The molecular weight excluding hydrogens is 174 g/mol. The lowest BCUT2D eigenvalue weighted by molar-refractivity contribution is -0.00636. The minimum absolute atomic E-state index is 0.0463. The van der Waals surface area contributed by atoms with E-state index in [0.717, 1.165) is 6.92 Å². The maximum absolute atomic E-state index is 13.1. The molecule has 74 valence electrons. The summed E-state index contributed by atoms with van der Waals surface area (Å²) < 4.78 is 26.2. The number of hydrogen-bond donors (Lipinski definition) is 0. The van der Waals surface area contributed by atoms with Crippen molar-refractivity contribution in [2.24, 2.45) is 0 Å². The summed E-state index contributed by atoms with van der Waals surface area (Å²) >= 11 is 0. The van der Waals surface area contributed by atoms with E-state index in [9.17, 15) is 8.78 Å². The Morgan fingerprint density at radius 3 is 2.31 bits per heavy atom. The number of alkyl halides is 2. The average Bonchev–Trinajstić information content (AvgIpc) is 2.26. The molecule has 13 heavy (non-hydrogen) atoms. The molecule has 0 bridgehead atoms. The van der Waals surface area contributed by atoms with E-state index in [-0.39, 0.29) is 5.70 Å². The maximum Gasteiger partial charge on any atom is 0.286 e. The molecule has 0 spiro atoms. The molecule has 0 fully saturated rings. The standard InChI is InChI=1S/C9H14F2N2/c1-5-7-6-12(3)13(4)8(7)9(2,10)11/h5H,1,6H2,2-4H3.